The molecule has 0 aliphatic heterocycles. The van der Waals surface area contributed by atoms with Crippen molar-refractivity contribution in [2.45, 2.75) is 19.5 Å². The van der Waals surface area contributed by atoms with Gasteiger partial charge in [0.1, 0.15) is 11.4 Å². The van der Waals surface area contributed by atoms with Crippen molar-refractivity contribution in [3.8, 4) is 0 Å². The number of benzene rings is 1. The summed E-state index contributed by atoms with van der Waals surface area (Å²) in [5.41, 5.74) is 4.58. The number of carbonyl (C=O) groups is 1. The van der Waals surface area contributed by atoms with E-state index in [9.17, 15) is 23.2 Å². The van der Waals surface area contributed by atoms with Crippen LogP contribution in [0.2, 0.25) is 0 Å². The van der Waals surface area contributed by atoms with Crippen molar-refractivity contribution in [2.75, 3.05) is 12.8 Å². The second kappa shape index (κ2) is 7.20. The van der Waals surface area contributed by atoms with Gasteiger partial charge in [0.05, 0.1) is 6.04 Å². The van der Waals surface area contributed by atoms with Crippen LogP contribution in [0.25, 0.3) is 0 Å². The molecule has 0 spiro atoms. The van der Waals surface area contributed by atoms with Gasteiger partial charge < -0.3 is 5.73 Å². The van der Waals surface area contributed by atoms with Crippen LogP contribution < -0.4 is 17.0 Å². The molecular weight excluding hydrogens is 346 g/mol. The van der Waals surface area contributed by atoms with Crippen molar-refractivity contribution in [3.05, 3.63) is 61.8 Å². The lowest BCUT2D eigenvalue weighted by Crippen LogP contribution is -2.45. The molecule has 1 atom stereocenters. The lowest BCUT2D eigenvalue weighted by molar-refractivity contribution is 0.0860. The maximum atomic E-state index is 13.3. The molecule has 1 unspecified atom stereocenters. The Bertz CT molecular complexity index is 981. The van der Waals surface area contributed by atoms with E-state index >= 15 is 0 Å². The third-order valence-electron chi connectivity index (χ3n) is 4.41. The van der Waals surface area contributed by atoms with E-state index in [0.717, 1.165) is 21.3 Å². The summed E-state index contributed by atoms with van der Waals surface area (Å²) in [6.45, 7) is 1.71. The fourth-order valence-corrected chi connectivity index (χ4v) is 2.56. The number of rotatable bonds is 5. The fraction of sp³-hybridized carbons (Fsp3) is 0.353. The lowest BCUT2D eigenvalue weighted by atomic mass is 10.1. The molecule has 0 amide bonds. The van der Waals surface area contributed by atoms with Crippen molar-refractivity contribution in [2.24, 2.45) is 14.1 Å². The van der Waals surface area contributed by atoms with Crippen molar-refractivity contribution >= 4 is 11.6 Å². The molecule has 2 N–H and O–H groups in total. The Morgan fingerprint density at radius 1 is 1.19 bits per heavy atom. The molecule has 1 aromatic heterocycles. The molecule has 0 aliphatic rings. The summed E-state index contributed by atoms with van der Waals surface area (Å²) in [5.74, 6) is -2.71. The van der Waals surface area contributed by atoms with E-state index in [0.29, 0.717) is 5.56 Å². The molecule has 140 valence electrons. The molecule has 0 saturated heterocycles. The van der Waals surface area contributed by atoms with Crippen LogP contribution in [0.15, 0.2) is 27.8 Å². The average molecular weight is 366 g/mol. The van der Waals surface area contributed by atoms with E-state index in [1.807, 2.05) is 0 Å². The van der Waals surface area contributed by atoms with Gasteiger partial charge in [-0.2, -0.15) is 0 Å². The topological polar surface area (TPSA) is 90.3 Å². The SMILES string of the molecule is CC(C(=O)c1c(N)n(C)c(=O)n(C)c1=O)N(C)Cc1ccc(F)c(F)c1. The highest BCUT2D eigenvalue weighted by atomic mass is 19.2. The molecule has 9 heteroatoms. The largest absolute Gasteiger partial charge is 0.384 e. The van der Waals surface area contributed by atoms with Crippen molar-refractivity contribution in [1.29, 1.82) is 0 Å². The first-order valence-electron chi connectivity index (χ1n) is 7.80. The van der Waals surface area contributed by atoms with Gasteiger partial charge in [-0.15, -0.1) is 0 Å². The lowest BCUT2D eigenvalue weighted by Gasteiger charge is -2.24. The van der Waals surface area contributed by atoms with Gasteiger partial charge in [-0.3, -0.25) is 23.6 Å². The Morgan fingerprint density at radius 3 is 2.38 bits per heavy atom. The zero-order valence-corrected chi connectivity index (χ0v) is 14.9. The number of nitrogens with two attached hydrogens (primary N) is 1. The molecule has 2 aromatic rings. The van der Waals surface area contributed by atoms with Gasteiger partial charge in [0.25, 0.3) is 5.56 Å². The Labute approximate surface area is 148 Å². The number of ketones is 1. The van der Waals surface area contributed by atoms with E-state index in [4.69, 9.17) is 5.73 Å². The number of anilines is 1. The van der Waals surface area contributed by atoms with Gasteiger partial charge in [0, 0.05) is 20.6 Å². The zero-order chi connectivity index (χ0) is 19.8. The van der Waals surface area contributed by atoms with E-state index in [1.54, 1.807) is 18.9 Å². The number of nitrogen functional groups attached to an aromatic ring is 1. The first-order valence-corrected chi connectivity index (χ1v) is 7.80. The third-order valence-corrected chi connectivity index (χ3v) is 4.41. The van der Waals surface area contributed by atoms with Crippen molar-refractivity contribution < 1.29 is 13.6 Å². The second-order valence-corrected chi connectivity index (χ2v) is 6.17. The van der Waals surface area contributed by atoms with Gasteiger partial charge in [-0.1, -0.05) is 6.07 Å². The van der Waals surface area contributed by atoms with Gasteiger partial charge in [0.15, 0.2) is 17.4 Å². The summed E-state index contributed by atoms with van der Waals surface area (Å²) >= 11 is 0. The number of aromatic nitrogens is 2. The smallest absolute Gasteiger partial charge is 0.332 e. The number of hydrogen-bond acceptors (Lipinski definition) is 5. The molecule has 0 saturated carbocycles. The van der Waals surface area contributed by atoms with E-state index in [-0.39, 0.29) is 17.9 Å². The van der Waals surface area contributed by atoms with Crippen LogP contribution in [0.1, 0.15) is 22.8 Å². The Kier molecular flexibility index (Phi) is 5.41. The number of halogens is 2. The Morgan fingerprint density at radius 2 is 1.81 bits per heavy atom. The molecule has 26 heavy (non-hydrogen) atoms. The number of carbonyl (C=O) groups excluding carboxylic acids is 1. The molecule has 1 aromatic carbocycles. The van der Waals surface area contributed by atoms with E-state index in [1.165, 1.54) is 20.2 Å². The molecule has 0 fully saturated rings. The summed E-state index contributed by atoms with van der Waals surface area (Å²) in [5, 5.41) is 0. The number of Topliss-reactive ketones (excluding diaryl/α,β-unsaturated/α-hetero) is 1. The fourth-order valence-electron chi connectivity index (χ4n) is 2.56. The highest BCUT2D eigenvalue weighted by Gasteiger charge is 2.27. The molecule has 7 nitrogen and oxygen atoms in total. The predicted molar refractivity (Wildman–Crippen MR) is 93.0 cm³/mol. The van der Waals surface area contributed by atoms with Crippen LogP contribution in [0.3, 0.4) is 0 Å². The summed E-state index contributed by atoms with van der Waals surface area (Å²) in [7, 11) is 4.23. The minimum absolute atomic E-state index is 0.149. The van der Waals surface area contributed by atoms with Crippen LogP contribution in [-0.4, -0.2) is 32.9 Å². The van der Waals surface area contributed by atoms with Crippen LogP contribution in [0.4, 0.5) is 14.6 Å². The standard InChI is InChI=1S/C17H20F2N4O3/c1-9(21(2)8-10-5-6-11(18)12(19)7-10)14(24)13-15(20)22(3)17(26)23(4)16(13)25/h5-7,9H,8,20H2,1-4H3. The second-order valence-electron chi connectivity index (χ2n) is 6.17. The molecule has 0 aliphatic carbocycles. The molecule has 1 heterocycles. The van der Waals surface area contributed by atoms with E-state index < -0.39 is 34.7 Å². The molecule has 0 bridgehead atoms. The summed E-state index contributed by atoms with van der Waals surface area (Å²) in [6, 6.07) is 2.68. The van der Waals surface area contributed by atoms with E-state index in [2.05, 4.69) is 0 Å². The number of hydrogen-bond donors (Lipinski definition) is 1. The van der Waals surface area contributed by atoms with Gasteiger partial charge >= 0.3 is 5.69 Å². The van der Waals surface area contributed by atoms with Gasteiger partial charge in [-0.25, -0.2) is 13.6 Å². The summed E-state index contributed by atoms with van der Waals surface area (Å²) in [4.78, 5) is 38.5. The van der Waals surface area contributed by atoms with Gasteiger partial charge in [0.2, 0.25) is 0 Å². The minimum Gasteiger partial charge on any atom is -0.384 e. The highest BCUT2D eigenvalue weighted by molar-refractivity contribution is 6.03. The normalized spacial score (nSPS) is 12.4. The van der Waals surface area contributed by atoms with Crippen molar-refractivity contribution in [3.63, 3.8) is 0 Å². The monoisotopic (exact) mass is 366 g/mol. The Balaban J connectivity index is 2.33. The number of nitrogens with zero attached hydrogens (tertiary/aromatic N) is 3. The number of likely N-dealkylation sites (N-methyl/N-ethyl adjacent to an activating group) is 1. The predicted octanol–water partition coefficient (Wildman–Crippen LogP) is 0.648. The maximum absolute atomic E-state index is 13.3. The maximum Gasteiger partial charge on any atom is 0.332 e. The first kappa shape index (κ1) is 19.5. The first-order chi connectivity index (χ1) is 12.1. The van der Waals surface area contributed by atoms with Crippen LogP contribution in [0, 0.1) is 11.6 Å². The highest BCUT2D eigenvalue weighted by Crippen LogP contribution is 2.14. The molecule has 2 rings (SSSR count). The average Bonchev–Trinajstić information content (AvgIpc) is 2.60. The summed E-state index contributed by atoms with van der Waals surface area (Å²) < 4.78 is 28.2. The zero-order valence-electron chi connectivity index (χ0n) is 14.9. The van der Waals surface area contributed by atoms with Crippen LogP contribution >= 0.6 is 0 Å². The quantitative estimate of drug-likeness (QED) is 0.785. The summed E-state index contributed by atoms with van der Waals surface area (Å²) in [6.07, 6.45) is 0. The Hall–Kier alpha value is -2.81. The van der Waals surface area contributed by atoms with Crippen LogP contribution in [0.5, 0.6) is 0 Å². The minimum atomic E-state index is -0.981. The van der Waals surface area contributed by atoms with Crippen molar-refractivity contribution in [1.82, 2.24) is 14.0 Å². The van der Waals surface area contributed by atoms with Gasteiger partial charge in [-0.05, 0) is 31.7 Å². The molecular formula is C17H20F2N4O3. The third kappa shape index (κ3) is 3.43. The molecule has 0 radical (unpaired) electrons. The van der Waals surface area contributed by atoms with Crippen LogP contribution in [-0.2, 0) is 20.6 Å².